The van der Waals surface area contributed by atoms with Crippen LogP contribution in [0.3, 0.4) is 0 Å². The highest BCUT2D eigenvalue weighted by Gasteiger charge is 2.36. The van der Waals surface area contributed by atoms with Gasteiger partial charge < -0.3 is 14.6 Å². The van der Waals surface area contributed by atoms with Gasteiger partial charge >= 0.3 is 5.97 Å². The van der Waals surface area contributed by atoms with E-state index in [0.717, 1.165) is 4.90 Å². The van der Waals surface area contributed by atoms with Crippen molar-refractivity contribution in [3.63, 3.8) is 0 Å². The predicted molar refractivity (Wildman–Crippen MR) is 142 cm³/mol. The maximum Gasteiger partial charge on any atom is 0.343 e. The Balaban J connectivity index is 1.40. The smallest absolute Gasteiger partial charge is 0.343 e. The summed E-state index contributed by atoms with van der Waals surface area (Å²) in [4.78, 5) is 64.8. The average molecular weight is 510 g/mol. The first-order valence-electron chi connectivity index (χ1n) is 12.1. The Labute approximate surface area is 217 Å². The highest BCUT2D eigenvalue weighted by atomic mass is 16.5. The standard InChI is InChI=1S/C29H23N3O6/c1-3-31-16-23(29(37)38-4-2)25(33)22-15-18(11-14-24(22)31)30-26(34)17-9-12-19(13-10-17)32-27(35)20-7-5-6-8-21(20)28(32)36/h5-16H,3-4H2,1-2H3,(H,30,34). The zero-order chi connectivity index (χ0) is 27.0. The van der Waals surface area contributed by atoms with Crippen LogP contribution in [0.4, 0.5) is 11.4 Å². The van der Waals surface area contributed by atoms with E-state index in [9.17, 15) is 24.0 Å². The van der Waals surface area contributed by atoms with E-state index in [4.69, 9.17) is 4.74 Å². The molecule has 4 aromatic rings. The first-order valence-corrected chi connectivity index (χ1v) is 12.1. The summed E-state index contributed by atoms with van der Waals surface area (Å²) >= 11 is 0. The van der Waals surface area contributed by atoms with E-state index in [1.54, 1.807) is 47.9 Å². The molecular weight excluding hydrogens is 486 g/mol. The van der Waals surface area contributed by atoms with Crippen molar-refractivity contribution in [1.29, 1.82) is 0 Å². The number of carbonyl (C=O) groups is 4. The molecule has 0 spiro atoms. The first kappa shape index (κ1) is 24.6. The van der Waals surface area contributed by atoms with Crippen LogP contribution in [-0.2, 0) is 11.3 Å². The second-order valence-corrected chi connectivity index (χ2v) is 8.60. The molecule has 5 rings (SSSR count). The van der Waals surface area contributed by atoms with Gasteiger partial charge in [-0.3, -0.25) is 19.2 Å². The number of carbonyl (C=O) groups excluding carboxylic acids is 4. The summed E-state index contributed by atoms with van der Waals surface area (Å²) in [5.41, 5.74) is 1.74. The molecule has 1 aliphatic rings. The number of anilines is 2. The summed E-state index contributed by atoms with van der Waals surface area (Å²) in [6, 6.07) is 17.6. The third-order valence-corrected chi connectivity index (χ3v) is 6.36. The van der Waals surface area contributed by atoms with Crippen LogP contribution < -0.4 is 15.6 Å². The number of aromatic nitrogens is 1. The van der Waals surface area contributed by atoms with Crippen molar-refractivity contribution in [1.82, 2.24) is 4.57 Å². The van der Waals surface area contributed by atoms with Gasteiger partial charge in [-0.2, -0.15) is 0 Å². The number of nitrogens with one attached hydrogen (secondary N) is 1. The maximum atomic E-state index is 13.0. The van der Waals surface area contributed by atoms with Crippen LogP contribution in [0.2, 0.25) is 0 Å². The fourth-order valence-electron chi connectivity index (χ4n) is 4.48. The minimum Gasteiger partial charge on any atom is -0.462 e. The molecule has 9 nitrogen and oxygen atoms in total. The van der Waals surface area contributed by atoms with Crippen LogP contribution in [0.25, 0.3) is 10.9 Å². The van der Waals surface area contributed by atoms with E-state index in [-0.39, 0.29) is 23.1 Å². The highest BCUT2D eigenvalue weighted by Crippen LogP contribution is 2.28. The third-order valence-electron chi connectivity index (χ3n) is 6.36. The van der Waals surface area contributed by atoms with Gasteiger partial charge in [0.1, 0.15) is 5.56 Å². The van der Waals surface area contributed by atoms with Gasteiger partial charge in [-0.15, -0.1) is 0 Å². The molecule has 0 saturated carbocycles. The molecule has 1 aliphatic heterocycles. The van der Waals surface area contributed by atoms with Gasteiger partial charge in [-0.1, -0.05) is 12.1 Å². The molecule has 1 aromatic heterocycles. The number of imide groups is 1. The van der Waals surface area contributed by atoms with E-state index in [1.807, 2.05) is 6.92 Å². The number of hydrogen-bond donors (Lipinski definition) is 1. The first-order chi connectivity index (χ1) is 18.3. The number of rotatable bonds is 6. The summed E-state index contributed by atoms with van der Waals surface area (Å²) in [5, 5.41) is 3.03. The summed E-state index contributed by atoms with van der Waals surface area (Å²) < 4.78 is 6.79. The zero-order valence-corrected chi connectivity index (χ0v) is 20.7. The van der Waals surface area contributed by atoms with E-state index >= 15 is 0 Å². The molecule has 3 amide bonds. The monoisotopic (exact) mass is 509 g/mol. The Hall–Kier alpha value is -5.05. The van der Waals surface area contributed by atoms with Crippen molar-refractivity contribution in [3.8, 4) is 0 Å². The van der Waals surface area contributed by atoms with Crippen molar-refractivity contribution in [2.75, 3.05) is 16.8 Å². The summed E-state index contributed by atoms with van der Waals surface area (Å²) in [6.07, 6.45) is 1.48. The number of hydrogen-bond acceptors (Lipinski definition) is 6. The summed E-state index contributed by atoms with van der Waals surface area (Å²) in [7, 11) is 0. The molecule has 0 fully saturated rings. The van der Waals surface area contributed by atoms with Gasteiger partial charge in [-0.05, 0) is 68.4 Å². The van der Waals surface area contributed by atoms with Crippen molar-refractivity contribution >= 4 is 46.0 Å². The van der Waals surface area contributed by atoms with Crippen LogP contribution in [0.1, 0.15) is 55.3 Å². The Morgan fingerprint density at radius 3 is 2.13 bits per heavy atom. The van der Waals surface area contributed by atoms with Crippen LogP contribution >= 0.6 is 0 Å². The molecule has 38 heavy (non-hydrogen) atoms. The maximum absolute atomic E-state index is 13.0. The minimum absolute atomic E-state index is 0.0755. The van der Waals surface area contributed by atoms with Gasteiger partial charge in [-0.25, -0.2) is 9.69 Å². The van der Waals surface area contributed by atoms with Crippen LogP contribution in [0.5, 0.6) is 0 Å². The Morgan fingerprint density at radius 2 is 1.53 bits per heavy atom. The van der Waals surface area contributed by atoms with Crippen molar-refractivity contribution < 1.29 is 23.9 Å². The lowest BCUT2D eigenvalue weighted by molar-refractivity contribution is 0.0523. The number of esters is 1. The van der Waals surface area contributed by atoms with E-state index in [0.29, 0.717) is 34.6 Å². The molecule has 0 unspecified atom stereocenters. The molecule has 9 heteroatoms. The molecule has 190 valence electrons. The Kier molecular flexibility index (Phi) is 6.34. The van der Waals surface area contributed by atoms with Gasteiger partial charge in [0.15, 0.2) is 0 Å². The van der Waals surface area contributed by atoms with Crippen LogP contribution in [0.15, 0.2) is 77.7 Å². The summed E-state index contributed by atoms with van der Waals surface area (Å²) in [6.45, 7) is 4.22. The number of nitrogens with zero attached hydrogens (tertiary/aromatic N) is 2. The lowest BCUT2D eigenvalue weighted by Crippen LogP contribution is -2.29. The molecule has 1 N–H and O–H groups in total. The molecular formula is C29H23N3O6. The van der Waals surface area contributed by atoms with Gasteiger partial charge in [0.2, 0.25) is 5.43 Å². The van der Waals surface area contributed by atoms with E-state index < -0.39 is 29.1 Å². The van der Waals surface area contributed by atoms with Gasteiger partial charge in [0.25, 0.3) is 17.7 Å². The van der Waals surface area contributed by atoms with Crippen molar-refractivity contribution in [2.45, 2.75) is 20.4 Å². The molecule has 0 aliphatic carbocycles. The largest absolute Gasteiger partial charge is 0.462 e. The molecule has 0 saturated heterocycles. The third kappa shape index (κ3) is 4.13. The quantitative estimate of drug-likeness (QED) is 0.307. The minimum atomic E-state index is -0.700. The van der Waals surface area contributed by atoms with Crippen molar-refractivity contribution in [3.05, 3.63) is 105 Å². The number of amides is 3. The van der Waals surface area contributed by atoms with Gasteiger partial charge in [0, 0.05) is 29.4 Å². The number of aryl methyl sites for hydroxylation is 1. The molecule has 0 radical (unpaired) electrons. The molecule has 3 aromatic carbocycles. The SMILES string of the molecule is CCOC(=O)c1cn(CC)c2ccc(NC(=O)c3ccc(N4C(=O)c5ccccc5C4=O)cc3)cc2c1=O. The molecule has 0 atom stereocenters. The normalized spacial score (nSPS) is 12.5. The average Bonchev–Trinajstić information content (AvgIpc) is 3.19. The van der Waals surface area contributed by atoms with Crippen LogP contribution in [0, 0.1) is 0 Å². The fourth-order valence-corrected chi connectivity index (χ4v) is 4.48. The lowest BCUT2D eigenvalue weighted by Gasteiger charge is -2.15. The molecule has 2 heterocycles. The zero-order valence-electron chi connectivity index (χ0n) is 20.7. The number of benzene rings is 3. The molecule has 0 bridgehead atoms. The lowest BCUT2D eigenvalue weighted by atomic mass is 10.1. The number of fused-ring (bicyclic) bond motifs is 2. The number of ether oxygens (including phenoxy) is 1. The predicted octanol–water partition coefficient (Wildman–Crippen LogP) is 4.25. The summed E-state index contributed by atoms with van der Waals surface area (Å²) in [5.74, 6) is -1.98. The van der Waals surface area contributed by atoms with E-state index in [2.05, 4.69) is 5.32 Å². The second kappa shape index (κ2) is 9.78. The fraction of sp³-hybridized carbons (Fsp3) is 0.138. The topological polar surface area (TPSA) is 115 Å². The van der Waals surface area contributed by atoms with Crippen LogP contribution in [-0.4, -0.2) is 34.9 Å². The number of pyridine rings is 1. The Morgan fingerprint density at radius 1 is 0.868 bits per heavy atom. The van der Waals surface area contributed by atoms with E-state index in [1.165, 1.54) is 36.5 Å². The Bertz CT molecular complexity index is 1650. The second-order valence-electron chi connectivity index (χ2n) is 8.60. The highest BCUT2D eigenvalue weighted by molar-refractivity contribution is 6.34. The van der Waals surface area contributed by atoms with Gasteiger partial charge in [0.05, 0.1) is 28.9 Å². The van der Waals surface area contributed by atoms with Crippen molar-refractivity contribution in [2.24, 2.45) is 0 Å².